The molecule has 27 heavy (non-hydrogen) atoms. The molecule has 3 amide bonds. The molecule has 7 heteroatoms. The third-order valence-corrected chi connectivity index (χ3v) is 4.11. The van der Waals surface area contributed by atoms with Gasteiger partial charge in [-0.15, -0.1) is 0 Å². The fourth-order valence-corrected chi connectivity index (χ4v) is 2.50. The zero-order valence-electron chi connectivity index (χ0n) is 15.4. The molecule has 144 valence electrons. The maximum Gasteiger partial charge on any atom is 0.341 e. The molecule has 2 rings (SSSR count). The average molecular weight is 370 g/mol. The molecule has 0 aliphatic rings. The van der Waals surface area contributed by atoms with Crippen LogP contribution in [0.15, 0.2) is 48.5 Å². The summed E-state index contributed by atoms with van der Waals surface area (Å²) >= 11 is 0. The number of hydrogen-bond donors (Lipinski definition) is 4. The number of urea groups is 1. The average Bonchev–Trinajstić information content (AvgIpc) is 2.72. The van der Waals surface area contributed by atoms with Crippen LogP contribution in [0, 0.1) is 0 Å². The highest BCUT2D eigenvalue weighted by Crippen LogP contribution is 2.20. The Kier molecular flexibility index (Phi) is 7.79. The highest BCUT2D eigenvalue weighted by atomic mass is 16.5. The lowest BCUT2D eigenvalue weighted by Gasteiger charge is -2.15. The molecule has 0 saturated heterocycles. The molecule has 0 aliphatic carbocycles. The Hall–Kier alpha value is -2.90. The summed E-state index contributed by atoms with van der Waals surface area (Å²) in [6.45, 7) is 2.78. The number of benzene rings is 2. The number of hydrogen-bond acceptors (Lipinski definition) is 4. The van der Waals surface area contributed by atoms with E-state index in [0.717, 1.165) is 17.5 Å². The molecule has 0 bridgehead atoms. The van der Waals surface area contributed by atoms with E-state index in [-0.39, 0.29) is 32.1 Å². The summed E-state index contributed by atoms with van der Waals surface area (Å²) < 4.78 is 0. The van der Waals surface area contributed by atoms with Gasteiger partial charge in [-0.3, -0.25) is 10.0 Å². The second kappa shape index (κ2) is 10.3. The molecular formula is C20H26N4O3. The summed E-state index contributed by atoms with van der Waals surface area (Å²) in [5, 5.41) is 15.2. The third kappa shape index (κ3) is 6.09. The molecule has 0 radical (unpaired) electrons. The standard InChI is InChI=1S/C20H26N4O3/c1-2-15-3-5-16(6-4-15)17-7-9-18(10-8-17)19(25)22-13-14-24(27)20(26)23-12-11-21/h3-10,27H,2,11-14,21H2,1H3,(H,22,25)(H,23,26). The van der Waals surface area contributed by atoms with Crippen LogP contribution >= 0.6 is 0 Å². The molecule has 0 fully saturated rings. The SMILES string of the molecule is CCc1ccc(-c2ccc(C(=O)NCCN(O)C(=O)NCCN)cc2)cc1. The summed E-state index contributed by atoms with van der Waals surface area (Å²) in [6, 6.07) is 15.0. The van der Waals surface area contributed by atoms with Gasteiger partial charge in [-0.1, -0.05) is 43.3 Å². The lowest BCUT2D eigenvalue weighted by molar-refractivity contribution is -0.0413. The Labute approximate surface area is 159 Å². The zero-order valence-corrected chi connectivity index (χ0v) is 15.4. The third-order valence-electron chi connectivity index (χ3n) is 4.11. The fraction of sp³-hybridized carbons (Fsp3) is 0.300. The van der Waals surface area contributed by atoms with Gasteiger partial charge in [0.25, 0.3) is 5.91 Å². The Morgan fingerprint density at radius 1 is 0.963 bits per heavy atom. The van der Waals surface area contributed by atoms with Crippen LogP contribution < -0.4 is 16.4 Å². The molecule has 0 aromatic heterocycles. The van der Waals surface area contributed by atoms with Crippen molar-refractivity contribution in [1.82, 2.24) is 15.7 Å². The number of rotatable bonds is 8. The van der Waals surface area contributed by atoms with Crippen molar-refractivity contribution in [1.29, 1.82) is 0 Å². The second-order valence-electron chi connectivity index (χ2n) is 6.03. The van der Waals surface area contributed by atoms with E-state index >= 15 is 0 Å². The first-order chi connectivity index (χ1) is 13.0. The fourth-order valence-electron chi connectivity index (χ4n) is 2.50. The predicted octanol–water partition coefficient (Wildman–Crippen LogP) is 2.01. The van der Waals surface area contributed by atoms with Crippen molar-refractivity contribution < 1.29 is 14.8 Å². The molecule has 2 aromatic rings. The molecule has 0 unspecified atom stereocenters. The Balaban J connectivity index is 1.85. The maximum absolute atomic E-state index is 12.2. The minimum atomic E-state index is -0.645. The van der Waals surface area contributed by atoms with Crippen LogP contribution in [0.1, 0.15) is 22.8 Å². The highest BCUT2D eigenvalue weighted by molar-refractivity contribution is 5.94. The molecule has 5 N–H and O–H groups in total. The lowest BCUT2D eigenvalue weighted by Crippen LogP contribution is -2.43. The van der Waals surface area contributed by atoms with Crippen LogP contribution in [0.5, 0.6) is 0 Å². The van der Waals surface area contributed by atoms with Crippen molar-refractivity contribution in [3.05, 3.63) is 59.7 Å². The van der Waals surface area contributed by atoms with Gasteiger partial charge in [0.15, 0.2) is 0 Å². The Morgan fingerprint density at radius 2 is 1.56 bits per heavy atom. The van der Waals surface area contributed by atoms with E-state index in [2.05, 4.69) is 41.8 Å². The van der Waals surface area contributed by atoms with Crippen LogP contribution in [0.2, 0.25) is 0 Å². The van der Waals surface area contributed by atoms with Crippen molar-refractivity contribution in [3.63, 3.8) is 0 Å². The highest BCUT2D eigenvalue weighted by Gasteiger charge is 2.11. The summed E-state index contributed by atoms with van der Waals surface area (Å²) in [5.41, 5.74) is 9.20. The molecule has 0 atom stereocenters. The molecule has 0 aliphatic heterocycles. The van der Waals surface area contributed by atoms with Gasteiger partial charge in [-0.2, -0.15) is 0 Å². The maximum atomic E-state index is 12.2. The van der Waals surface area contributed by atoms with E-state index in [1.54, 1.807) is 12.1 Å². The van der Waals surface area contributed by atoms with Gasteiger partial charge in [-0.25, -0.2) is 9.86 Å². The van der Waals surface area contributed by atoms with Gasteiger partial charge < -0.3 is 16.4 Å². The topological polar surface area (TPSA) is 108 Å². The Bertz CT molecular complexity index is 745. The first kappa shape index (κ1) is 20.4. The smallest absolute Gasteiger partial charge is 0.341 e. The van der Waals surface area contributed by atoms with Gasteiger partial charge in [0.1, 0.15) is 0 Å². The van der Waals surface area contributed by atoms with Crippen LogP contribution in [-0.2, 0) is 6.42 Å². The number of carbonyl (C=O) groups is 2. The summed E-state index contributed by atoms with van der Waals surface area (Å²) in [5.74, 6) is -0.265. The van der Waals surface area contributed by atoms with E-state index in [0.29, 0.717) is 10.6 Å². The van der Waals surface area contributed by atoms with Gasteiger partial charge in [0.2, 0.25) is 0 Å². The minimum Gasteiger partial charge on any atom is -0.350 e. The number of amides is 3. The molecule has 7 nitrogen and oxygen atoms in total. The van der Waals surface area contributed by atoms with Gasteiger partial charge in [0.05, 0.1) is 6.54 Å². The number of aryl methyl sites for hydroxylation is 1. The van der Waals surface area contributed by atoms with Crippen LogP contribution in [0.25, 0.3) is 11.1 Å². The summed E-state index contributed by atoms with van der Waals surface area (Å²) in [6.07, 6.45) is 0.999. The van der Waals surface area contributed by atoms with E-state index in [4.69, 9.17) is 5.73 Å². The van der Waals surface area contributed by atoms with Crippen LogP contribution in [0.4, 0.5) is 4.79 Å². The lowest BCUT2D eigenvalue weighted by atomic mass is 10.0. The number of hydroxylamine groups is 2. The van der Waals surface area contributed by atoms with Crippen molar-refractivity contribution in [2.24, 2.45) is 5.73 Å². The molecule has 2 aromatic carbocycles. The van der Waals surface area contributed by atoms with Crippen molar-refractivity contribution in [2.45, 2.75) is 13.3 Å². The normalized spacial score (nSPS) is 10.3. The minimum absolute atomic E-state index is 0.0238. The first-order valence-corrected chi connectivity index (χ1v) is 8.97. The number of nitrogens with zero attached hydrogens (tertiary/aromatic N) is 1. The van der Waals surface area contributed by atoms with E-state index < -0.39 is 6.03 Å². The first-order valence-electron chi connectivity index (χ1n) is 8.97. The van der Waals surface area contributed by atoms with E-state index in [1.807, 2.05) is 12.1 Å². The van der Waals surface area contributed by atoms with Gasteiger partial charge in [0, 0.05) is 25.2 Å². The quantitative estimate of drug-likeness (QED) is 0.421. The molecule has 0 saturated carbocycles. The summed E-state index contributed by atoms with van der Waals surface area (Å²) in [4.78, 5) is 23.6. The van der Waals surface area contributed by atoms with Crippen LogP contribution in [-0.4, -0.2) is 48.4 Å². The largest absolute Gasteiger partial charge is 0.350 e. The number of carbonyl (C=O) groups excluding carboxylic acids is 2. The Morgan fingerprint density at radius 3 is 2.11 bits per heavy atom. The molecule has 0 heterocycles. The number of nitrogens with one attached hydrogen (secondary N) is 2. The molecule has 0 spiro atoms. The second-order valence-corrected chi connectivity index (χ2v) is 6.03. The van der Waals surface area contributed by atoms with E-state index in [9.17, 15) is 14.8 Å². The van der Waals surface area contributed by atoms with Crippen molar-refractivity contribution in [3.8, 4) is 11.1 Å². The summed E-state index contributed by atoms with van der Waals surface area (Å²) in [7, 11) is 0. The number of nitrogens with two attached hydrogens (primary N) is 1. The zero-order chi connectivity index (χ0) is 19.6. The van der Waals surface area contributed by atoms with Gasteiger partial charge >= 0.3 is 6.03 Å². The van der Waals surface area contributed by atoms with Gasteiger partial charge in [-0.05, 0) is 35.2 Å². The predicted molar refractivity (Wildman–Crippen MR) is 105 cm³/mol. The monoisotopic (exact) mass is 370 g/mol. The van der Waals surface area contributed by atoms with Crippen LogP contribution in [0.3, 0.4) is 0 Å². The van der Waals surface area contributed by atoms with E-state index in [1.165, 1.54) is 5.56 Å². The van der Waals surface area contributed by atoms with Crippen molar-refractivity contribution in [2.75, 3.05) is 26.2 Å². The molecular weight excluding hydrogens is 344 g/mol. The van der Waals surface area contributed by atoms with Crippen molar-refractivity contribution >= 4 is 11.9 Å².